The molecule has 3 rings (SSSR count). The van der Waals surface area contributed by atoms with Crippen LogP contribution in [0.2, 0.25) is 0 Å². The molecule has 0 heterocycles. The number of unbranched alkanes of at least 4 members (excludes halogenated alkanes) is 1. The molecule has 8 nitrogen and oxygen atoms in total. The van der Waals surface area contributed by atoms with Gasteiger partial charge >= 0.3 is 17.9 Å². The number of hydrogen-bond donors (Lipinski definition) is 0. The average molecular weight is 609 g/mol. The minimum Gasteiger partial charge on any atom is -0.494 e. The van der Waals surface area contributed by atoms with Crippen molar-refractivity contribution in [1.82, 2.24) is 0 Å². The Morgan fingerprint density at radius 3 is 1.87 bits per heavy atom. The summed E-state index contributed by atoms with van der Waals surface area (Å²) in [5.74, 6) is 2.08. The normalized spacial score (nSPS) is 10.2. The molecular weight excluding hydrogens is 579 g/mol. The highest BCUT2D eigenvalue weighted by molar-refractivity contribution is 6.04. The van der Waals surface area contributed by atoms with Crippen molar-refractivity contribution in [2.45, 2.75) is 12.8 Å². The van der Waals surface area contributed by atoms with Crippen molar-refractivity contribution in [2.24, 2.45) is 0 Å². The number of hydrogen-bond acceptors (Lipinski definition) is 8. The van der Waals surface area contributed by atoms with E-state index in [1.807, 2.05) is 12.1 Å². The number of ketones is 1. The lowest BCUT2D eigenvalue weighted by molar-refractivity contribution is -0.138. The molecule has 0 unspecified atom stereocenters. The Morgan fingerprint density at radius 1 is 0.733 bits per heavy atom. The van der Waals surface area contributed by atoms with E-state index >= 15 is 0 Å². The van der Waals surface area contributed by atoms with Crippen LogP contribution in [0, 0.1) is 11.8 Å². The number of carbonyl (C=O) groups is 4. The maximum Gasteiger partial charge on any atom is 0.371 e. The summed E-state index contributed by atoms with van der Waals surface area (Å²) >= 11 is 0. The zero-order valence-electron chi connectivity index (χ0n) is 24.3. The van der Waals surface area contributed by atoms with E-state index in [-0.39, 0.29) is 18.1 Å². The summed E-state index contributed by atoms with van der Waals surface area (Å²) in [5, 5.41) is 0. The molecule has 0 saturated carbocycles. The molecule has 0 aliphatic heterocycles. The molecule has 0 radical (unpaired) electrons. The minimum atomic E-state index is -1.22. The Morgan fingerprint density at radius 2 is 1.29 bits per heavy atom. The van der Waals surface area contributed by atoms with Crippen molar-refractivity contribution in [2.75, 3.05) is 13.2 Å². The van der Waals surface area contributed by atoms with E-state index in [4.69, 9.17) is 18.9 Å². The van der Waals surface area contributed by atoms with Gasteiger partial charge in [0.05, 0.1) is 18.8 Å². The molecule has 45 heavy (non-hydrogen) atoms. The minimum absolute atomic E-state index is 0.0753. The van der Waals surface area contributed by atoms with E-state index in [1.54, 1.807) is 36.4 Å². The van der Waals surface area contributed by atoms with Gasteiger partial charge in [-0.3, -0.25) is 4.79 Å². The van der Waals surface area contributed by atoms with Crippen molar-refractivity contribution < 1.29 is 42.5 Å². The smallest absolute Gasteiger partial charge is 0.371 e. The third kappa shape index (κ3) is 11.7. The quantitative estimate of drug-likeness (QED) is 0.0390. The highest BCUT2D eigenvalue weighted by Gasteiger charge is 2.11. The number of halogens is 1. The SMILES string of the molecule is C=CC(=O)OCCCCOC(=C)/C=C\C(=O)C#Cc1ccc(-c2ccc(C(=O)Oc3ccc(OC(=O)C(=C)F)cc3)cc2)cc1. The number of esters is 3. The number of allylic oxidation sites excluding steroid dienone is 2. The molecule has 0 N–H and O–H groups in total. The molecule has 0 saturated heterocycles. The van der Waals surface area contributed by atoms with Crippen LogP contribution in [0.1, 0.15) is 28.8 Å². The number of carbonyl (C=O) groups excluding carboxylic acids is 4. The molecule has 0 atom stereocenters. The van der Waals surface area contributed by atoms with Crippen molar-refractivity contribution in [3.8, 4) is 34.5 Å². The van der Waals surface area contributed by atoms with E-state index in [0.717, 1.165) is 17.2 Å². The first kappa shape index (κ1) is 33.5. The van der Waals surface area contributed by atoms with E-state index in [1.165, 1.54) is 36.4 Å². The van der Waals surface area contributed by atoms with Crippen molar-refractivity contribution in [3.05, 3.63) is 133 Å². The lowest BCUT2D eigenvalue weighted by Gasteiger charge is -2.07. The van der Waals surface area contributed by atoms with Gasteiger partial charge in [0.15, 0.2) is 0 Å². The summed E-state index contributed by atoms with van der Waals surface area (Å²) in [6, 6.07) is 19.6. The molecule has 228 valence electrons. The van der Waals surface area contributed by atoms with Gasteiger partial charge in [0, 0.05) is 11.6 Å². The Hall–Kier alpha value is -6.01. The molecule has 0 aromatic heterocycles. The first-order valence-corrected chi connectivity index (χ1v) is 13.6. The van der Waals surface area contributed by atoms with Gasteiger partial charge in [-0.2, -0.15) is 4.39 Å². The highest BCUT2D eigenvalue weighted by Crippen LogP contribution is 2.22. The molecule has 0 aliphatic carbocycles. The first-order chi connectivity index (χ1) is 21.6. The standard InChI is InChI=1S/C36H29FO8/c1-4-34(39)43-24-6-5-23-42-25(2)7-17-31(38)18-10-27-8-11-28(12-9-27)29-13-15-30(16-14-29)36(41)45-33-21-19-32(20-22-33)44-35(40)26(3)37/h4,7-9,11-17,19-22H,1-3,5-6,23-24H2/b17-7-. The van der Waals surface area contributed by atoms with E-state index in [9.17, 15) is 23.6 Å². The van der Waals surface area contributed by atoms with Crippen LogP contribution in [-0.2, 0) is 23.9 Å². The number of benzene rings is 3. The zero-order chi connectivity index (χ0) is 32.6. The van der Waals surface area contributed by atoms with Gasteiger partial charge in [0.25, 0.3) is 0 Å². The van der Waals surface area contributed by atoms with Crippen LogP contribution in [0.15, 0.2) is 122 Å². The summed E-state index contributed by atoms with van der Waals surface area (Å²) in [4.78, 5) is 46.8. The summed E-state index contributed by atoms with van der Waals surface area (Å²) in [5.41, 5.74) is 2.68. The van der Waals surface area contributed by atoms with Crippen LogP contribution in [-0.4, -0.2) is 36.9 Å². The molecule has 9 heteroatoms. The second-order valence-corrected chi connectivity index (χ2v) is 9.15. The van der Waals surface area contributed by atoms with Gasteiger partial charge in [-0.15, -0.1) is 0 Å². The molecule has 3 aromatic carbocycles. The summed E-state index contributed by atoms with van der Waals surface area (Å²) in [7, 11) is 0. The topological polar surface area (TPSA) is 105 Å². The third-order valence-electron chi connectivity index (χ3n) is 5.79. The van der Waals surface area contributed by atoms with Gasteiger partial charge in [-0.1, -0.05) is 49.9 Å². The van der Waals surface area contributed by atoms with Crippen molar-refractivity contribution >= 4 is 23.7 Å². The van der Waals surface area contributed by atoms with Crippen LogP contribution in [0.25, 0.3) is 11.1 Å². The average Bonchev–Trinajstić information content (AvgIpc) is 3.05. The number of rotatable bonds is 14. The van der Waals surface area contributed by atoms with Crippen LogP contribution in [0.5, 0.6) is 11.5 Å². The molecule has 0 amide bonds. The predicted molar refractivity (Wildman–Crippen MR) is 166 cm³/mol. The van der Waals surface area contributed by atoms with Crippen LogP contribution >= 0.6 is 0 Å². The number of ether oxygens (including phenoxy) is 4. The van der Waals surface area contributed by atoms with E-state index in [2.05, 4.69) is 31.6 Å². The fourth-order valence-electron chi connectivity index (χ4n) is 3.48. The maximum absolute atomic E-state index is 12.8. The predicted octanol–water partition coefficient (Wildman–Crippen LogP) is 6.48. The molecular formula is C36H29FO8. The Bertz CT molecular complexity index is 1660. The lowest BCUT2D eigenvalue weighted by Crippen LogP contribution is -2.09. The van der Waals surface area contributed by atoms with Crippen molar-refractivity contribution in [3.63, 3.8) is 0 Å². The summed E-state index contributed by atoms with van der Waals surface area (Å²) < 4.78 is 33.2. The largest absolute Gasteiger partial charge is 0.494 e. The highest BCUT2D eigenvalue weighted by atomic mass is 19.1. The van der Waals surface area contributed by atoms with Crippen LogP contribution in [0.4, 0.5) is 4.39 Å². The molecule has 0 spiro atoms. The first-order valence-electron chi connectivity index (χ1n) is 13.6. The van der Waals surface area contributed by atoms with E-state index in [0.29, 0.717) is 36.3 Å². The second-order valence-electron chi connectivity index (χ2n) is 9.15. The summed E-state index contributed by atoms with van der Waals surface area (Å²) in [6.07, 6.45) is 5.10. The zero-order valence-corrected chi connectivity index (χ0v) is 24.3. The fraction of sp³-hybridized carbons (Fsp3) is 0.111. The van der Waals surface area contributed by atoms with Gasteiger partial charge < -0.3 is 18.9 Å². The van der Waals surface area contributed by atoms with Crippen molar-refractivity contribution in [1.29, 1.82) is 0 Å². The Balaban J connectivity index is 1.46. The lowest BCUT2D eigenvalue weighted by atomic mass is 10.0. The second kappa shape index (κ2) is 17.2. The Labute approximate surface area is 260 Å². The van der Waals surface area contributed by atoms with Crippen LogP contribution in [0.3, 0.4) is 0 Å². The maximum atomic E-state index is 12.8. The van der Waals surface area contributed by atoms with Gasteiger partial charge in [-0.25, -0.2) is 14.4 Å². The van der Waals surface area contributed by atoms with E-state index < -0.39 is 29.5 Å². The molecule has 0 aliphatic rings. The molecule has 3 aromatic rings. The van der Waals surface area contributed by atoms with Gasteiger partial charge in [0.1, 0.15) is 17.3 Å². The molecule has 0 bridgehead atoms. The monoisotopic (exact) mass is 608 g/mol. The van der Waals surface area contributed by atoms with Gasteiger partial charge in [0.2, 0.25) is 11.6 Å². The van der Waals surface area contributed by atoms with Crippen LogP contribution < -0.4 is 9.47 Å². The molecule has 0 fully saturated rings. The van der Waals surface area contributed by atoms with Gasteiger partial charge in [-0.05, 0) is 90.6 Å². The fourth-order valence-corrected chi connectivity index (χ4v) is 3.48. The Kier molecular flexibility index (Phi) is 12.8. The summed E-state index contributed by atoms with van der Waals surface area (Å²) in [6.45, 7) is 10.6. The third-order valence-corrected chi connectivity index (χ3v) is 5.79.